The maximum Gasteiger partial charge on any atom is 0.278 e. The number of carbonyl (C=O) groups is 2. The van der Waals surface area contributed by atoms with Crippen LogP contribution in [0, 0.1) is 5.82 Å². The zero-order valence-electron chi connectivity index (χ0n) is 17.8. The normalized spacial score (nSPS) is 21.8. The van der Waals surface area contributed by atoms with Crippen molar-refractivity contribution >= 4 is 17.4 Å². The van der Waals surface area contributed by atoms with Crippen LogP contribution in [0.1, 0.15) is 25.0 Å². The van der Waals surface area contributed by atoms with Crippen molar-refractivity contribution in [2.75, 3.05) is 20.2 Å². The maximum atomic E-state index is 13.5. The van der Waals surface area contributed by atoms with Crippen LogP contribution in [0.15, 0.2) is 54.2 Å². The lowest BCUT2D eigenvalue weighted by Crippen LogP contribution is -2.46. The summed E-state index contributed by atoms with van der Waals surface area (Å²) in [6.07, 6.45) is -0.134. The molecule has 2 aromatic rings. The van der Waals surface area contributed by atoms with Crippen LogP contribution in [0.5, 0.6) is 5.75 Å². The molecule has 162 valence electrons. The summed E-state index contributed by atoms with van der Waals surface area (Å²) in [4.78, 5) is 30.1. The summed E-state index contributed by atoms with van der Waals surface area (Å²) in [5.41, 5.74) is 2.10. The highest BCUT2D eigenvalue weighted by atomic mass is 19.1. The molecule has 2 aliphatic rings. The van der Waals surface area contributed by atoms with Crippen LogP contribution in [0.25, 0.3) is 5.57 Å². The van der Waals surface area contributed by atoms with Gasteiger partial charge in [0.05, 0.1) is 31.4 Å². The van der Waals surface area contributed by atoms with Gasteiger partial charge < -0.3 is 14.4 Å². The number of nitrogens with zero attached hydrogens (tertiary/aromatic N) is 2. The molecule has 2 aromatic carbocycles. The van der Waals surface area contributed by atoms with Crippen molar-refractivity contribution < 1.29 is 23.5 Å². The van der Waals surface area contributed by atoms with Gasteiger partial charge in [0.15, 0.2) is 0 Å². The first-order valence-corrected chi connectivity index (χ1v) is 10.3. The Morgan fingerprint density at radius 3 is 2.16 bits per heavy atom. The summed E-state index contributed by atoms with van der Waals surface area (Å²) in [6.45, 7) is 5.02. The van der Waals surface area contributed by atoms with Gasteiger partial charge >= 0.3 is 0 Å². The number of morpholine rings is 1. The monoisotopic (exact) mass is 424 g/mol. The Hall–Kier alpha value is -3.19. The van der Waals surface area contributed by atoms with Crippen molar-refractivity contribution in [1.82, 2.24) is 9.80 Å². The van der Waals surface area contributed by atoms with Gasteiger partial charge in [0, 0.05) is 13.1 Å². The summed E-state index contributed by atoms with van der Waals surface area (Å²) in [6, 6.07) is 12.9. The van der Waals surface area contributed by atoms with E-state index in [9.17, 15) is 14.0 Å². The van der Waals surface area contributed by atoms with Crippen LogP contribution >= 0.6 is 0 Å². The fraction of sp³-hybridized carbons (Fsp3) is 0.333. The van der Waals surface area contributed by atoms with E-state index in [0.29, 0.717) is 41.2 Å². The molecule has 2 aliphatic heterocycles. The van der Waals surface area contributed by atoms with Gasteiger partial charge in [0.2, 0.25) is 0 Å². The molecule has 0 aromatic heterocycles. The number of hydrogen-bond acceptors (Lipinski definition) is 5. The van der Waals surface area contributed by atoms with E-state index in [4.69, 9.17) is 9.47 Å². The van der Waals surface area contributed by atoms with Gasteiger partial charge in [-0.1, -0.05) is 24.3 Å². The van der Waals surface area contributed by atoms with Crippen molar-refractivity contribution in [1.29, 1.82) is 0 Å². The Balaban J connectivity index is 1.73. The van der Waals surface area contributed by atoms with Crippen LogP contribution in [-0.2, 0) is 20.9 Å². The second kappa shape index (κ2) is 8.51. The summed E-state index contributed by atoms with van der Waals surface area (Å²) in [7, 11) is 1.57. The molecule has 0 radical (unpaired) electrons. The number of halogens is 1. The van der Waals surface area contributed by atoms with Crippen molar-refractivity contribution in [2.45, 2.75) is 32.6 Å². The highest BCUT2D eigenvalue weighted by molar-refractivity contribution is 6.35. The number of methoxy groups -OCH3 is 1. The molecule has 1 fully saturated rings. The Morgan fingerprint density at radius 2 is 1.58 bits per heavy atom. The molecule has 4 rings (SSSR count). The lowest BCUT2D eigenvalue weighted by molar-refractivity contribution is -0.139. The molecule has 0 saturated carbocycles. The van der Waals surface area contributed by atoms with Gasteiger partial charge in [-0.2, -0.15) is 0 Å². The first kappa shape index (κ1) is 21.1. The van der Waals surface area contributed by atoms with Crippen LogP contribution < -0.4 is 4.74 Å². The quantitative estimate of drug-likeness (QED) is 0.690. The Bertz CT molecular complexity index is 1010. The number of hydrogen-bond donors (Lipinski definition) is 0. The third kappa shape index (κ3) is 4.18. The van der Waals surface area contributed by atoms with E-state index in [1.165, 1.54) is 17.0 Å². The lowest BCUT2D eigenvalue weighted by Gasteiger charge is -2.37. The number of amides is 2. The van der Waals surface area contributed by atoms with Crippen LogP contribution in [0.2, 0.25) is 0 Å². The molecule has 6 nitrogen and oxygen atoms in total. The molecule has 2 unspecified atom stereocenters. The summed E-state index contributed by atoms with van der Waals surface area (Å²) in [5.74, 6) is -0.404. The number of rotatable bonds is 5. The number of benzene rings is 2. The topological polar surface area (TPSA) is 59.1 Å². The Kier molecular flexibility index (Phi) is 5.78. The highest BCUT2D eigenvalue weighted by Gasteiger charge is 2.43. The van der Waals surface area contributed by atoms with E-state index in [2.05, 4.69) is 0 Å². The maximum absolute atomic E-state index is 13.5. The van der Waals surface area contributed by atoms with Crippen molar-refractivity contribution in [3.8, 4) is 5.75 Å². The second-order valence-corrected chi connectivity index (χ2v) is 7.94. The molecule has 0 aliphatic carbocycles. The largest absolute Gasteiger partial charge is 0.497 e. The molecule has 2 atom stereocenters. The fourth-order valence-corrected chi connectivity index (χ4v) is 4.15. The van der Waals surface area contributed by atoms with E-state index in [1.807, 2.05) is 18.7 Å². The number of imide groups is 1. The molecule has 2 amide bonds. The molecule has 2 heterocycles. The molecule has 0 bridgehead atoms. The number of carbonyl (C=O) groups excluding carboxylic acids is 2. The van der Waals surface area contributed by atoms with Crippen molar-refractivity contribution in [3.05, 3.63) is 71.2 Å². The van der Waals surface area contributed by atoms with E-state index in [-0.39, 0.29) is 36.4 Å². The average Bonchev–Trinajstić information content (AvgIpc) is 2.99. The van der Waals surface area contributed by atoms with Crippen LogP contribution in [0.4, 0.5) is 4.39 Å². The summed E-state index contributed by atoms with van der Waals surface area (Å²) < 4.78 is 24.3. The van der Waals surface area contributed by atoms with E-state index < -0.39 is 0 Å². The molecule has 0 N–H and O–H groups in total. The van der Waals surface area contributed by atoms with Gasteiger partial charge in [-0.15, -0.1) is 0 Å². The van der Waals surface area contributed by atoms with Gasteiger partial charge in [-0.25, -0.2) is 4.39 Å². The Labute approximate surface area is 180 Å². The average molecular weight is 424 g/mol. The van der Waals surface area contributed by atoms with Gasteiger partial charge in [0.25, 0.3) is 11.8 Å². The summed E-state index contributed by atoms with van der Waals surface area (Å²) in [5, 5.41) is 0. The summed E-state index contributed by atoms with van der Waals surface area (Å²) >= 11 is 0. The van der Waals surface area contributed by atoms with Crippen LogP contribution in [-0.4, -0.2) is 54.0 Å². The van der Waals surface area contributed by atoms with Crippen molar-refractivity contribution in [3.63, 3.8) is 0 Å². The lowest BCUT2D eigenvalue weighted by atomic mass is 10.0. The van der Waals surface area contributed by atoms with E-state index in [0.717, 1.165) is 0 Å². The second-order valence-electron chi connectivity index (χ2n) is 7.94. The van der Waals surface area contributed by atoms with Crippen LogP contribution in [0.3, 0.4) is 0 Å². The predicted octanol–water partition coefficient (Wildman–Crippen LogP) is 3.22. The minimum atomic E-state index is -0.364. The molecule has 31 heavy (non-hydrogen) atoms. The van der Waals surface area contributed by atoms with Crippen molar-refractivity contribution in [2.24, 2.45) is 0 Å². The number of ether oxygens (including phenoxy) is 2. The SMILES string of the molecule is COc1ccc(C2=C(N3CC(C)OC(C)C3)C(=O)N(Cc3ccc(F)cc3)C2=O)cc1. The minimum Gasteiger partial charge on any atom is -0.497 e. The molecule has 0 spiro atoms. The van der Waals surface area contributed by atoms with E-state index >= 15 is 0 Å². The third-order valence-corrected chi connectivity index (χ3v) is 5.51. The third-order valence-electron chi connectivity index (χ3n) is 5.51. The zero-order valence-corrected chi connectivity index (χ0v) is 17.8. The fourth-order valence-electron chi connectivity index (χ4n) is 4.15. The minimum absolute atomic E-state index is 0.0672. The van der Waals surface area contributed by atoms with E-state index in [1.54, 1.807) is 43.5 Å². The smallest absolute Gasteiger partial charge is 0.278 e. The molecular formula is C24H25FN2O4. The standard InChI is InChI=1S/C24H25FN2O4/c1-15-12-26(13-16(2)31-15)22-21(18-6-10-20(30-3)11-7-18)23(28)27(24(22)29)14-17-4-8-19(25)9-5-17/h4-11,15-16H,12-14H2,1-3H3. The van der Waals surface area contributed by atoms with Gasteiger partial charge in [-0.05, 0) is 49.2 Å². The van der Waals surface area contributed by atoms with Gasteiger partial charge in [-0.3, -0.25) is 14.5 Å². The molecular weight excluding hydrogens is 399 g/mol. The first-order chi connectivity index (χ1) is 14.9. The highest BCUT2D eigenvalue weighted by Crippen LogP contribution is 2.34. The Morgan fingerprint density at radius 1 is 0.968 bits per heavy atom. The van der Waals surface area contributed by atoms with Gasteiger partial charge in [0.1, 0.15) is 17.3 Å². The predicted molar refractivity (Wildman–Crippen MR) is 113 cm³/mol. The zero-order chi connectivity index (χ0) is 22.1. The molecule has 7 heteroatoms. The molecule has 1 saturated heterocycles. The first-order valence-electron chi connectivity index (χ1n) is 10.3.